The van der Waals surface area contributed by atoms with Gasteiger partial charge in [-0.15, -0.1) is 0 Å². The number of aliphatic hydroxyl groups excluding tert-OH is 1. The van der Waals surface area contributed by atoms with E-state index in [-0.39, 0.29) is 47.6 Å². The molecule has 0 spiro atoms. The highest BCUT2D eigenvalue weighted by atomic mass is 16.3. The number of nitrogens with two attached hydrogens (primary N) is 1. The smallest absolute Gasteiger partial charge is 0.246 e. The molecule has 3 rings (SSSR count). The Balaban J connectivity index is 1.83. The van der Waals surface area contributed by atoms with Gasteiger partial charge >= 0.3 is 0 Å². The summed E-state index contributed by atoms with van der Waals surface area (Å²) in [6, 6.07) is -0.571. The van der Waals surface area contributed by atoms with Crippen molar-refractivity contribution in [2.24, 2.45) is 46.2 Å². The van der Waals surface area contributed by atoms with Gasteiger partial charge in [0.25, 0.3) is 0 Å². The van der Waals surface area contributed by atoms with E-state index in [0.29, 0.717) is 25.3 Å². The van der Waals surface area contributed by atoms with E-state index < -0.39 is 35.3 Å². The van der Waals surface area contributed by atoms with Gasteiger partial charge in [0, 0.05) is 37.6 Å². The van der Waals surface area contributed by atoms with Crippen molar-refractivity contribution in [2.75, 3.05) is 6.54 Å². The third kappa shape index (κ3) is 5.24. The summed E-state index contributed by atoms with van der Waals surface area (Å²) >= 11 is 0. The molecule has 1 saturated heterocycles. The molecule has 0 radical (unpaired) electrons. The van der Waals surface area contributed by atoms with E-state index in [1.54, 1.807) is 11.8 Å². The van der Waals surface area contributed by atoms with Gasteiger partial charge in [0.1, 0.15) is 11.9 Å². The van der Waals surface area contributed by atoms with Gasteiger partial charge in [-0.05, 0) is 35.0 Å². The number of carbonyl (C=O) groups is 4. The highest BCUT2D eigenvalue weighted by Gasteiger charge is 2.69. The first-order valence-electron chi connectivity index (χ1n) is 13.0. The van der Waals surface area contributed by atoms with Crippen LogP contribution in [-0.4, -0.2) is 52.1 Å². The predicted octanol–water partition coefficient (Wildman–Crippen LogP) is 3.11. The molecular weight excluding hydrogens is 432 g/mol. The minimum absolute atomic E-state index is 0.0284. The molecule has 34 heavy (non-hydrogen) atoms. The standard InChI is InChI=1S/C27H44N2O5/c1-7-17(30)13-18(26(2,3)4)25(34)29-14-19-21(27(19,5)6)22(29)20(31)12-16(23(32)24(28)33)11-15-9-8-10-15/h15-16,18-19,21-23,32H,7-14H2,1-6H3,(H2,28,33)/t16?,18-,19+,21+,22-,23?/m1/s1. The monoisotopic (exact) mass is 476 g/mol. The molecule has 3 N–H and O–H groups in total. The normalized spacial score (nSPS) is 28.4. The summed E-state index contributed by atoms with van der Waals surface area (Å²) in [4.78, 5) is 53.3. The first kappa shape index (κ1) is 26.8. The summed E-state index contributed by atoms with van der Waals surface area (Å²) in [6.45, 7) is 12.5. The van der Waals surface area contributed by atoms with E-state index in [0.717, 1.165) is 19.3 Å². The summed E-state index contributed by atoms with van der Waals surface area (Å²) in [5.74, 6) is -1.25. The lowest BCUT2D eigenvalue weighted by Gasteiger charge is -2.38. The van der Waals surface area contributed by atoms with Crippen molar-refractivity contribution in [2.45, 2.75) is 98.6 Å². The van der Waals surface area contributed by atoms with Gasteiger partial charge in [-0.25, -0.2) is 0 Å². The lowest BCUT2D eigenvalue weighted by Crippen LogP contribution is -2.51. The number of fused-ring (bicyclic) bond motifs is 1. The van der Waals surface area contributed by atoms with Crippen molar-refractivity contribution < 1.29 is 24.3 Å². The second-order valence-electron chi connectivity index (χ2n) is 12.7. The number of Topliss-reactive ketones (excluding diaryl/α,β-unsaturated/α-hetero) is 2. The molecule has 3 aliphatic rings. The third-order valence-electron chi connectivity index (χ3n) is 9.05. The summed E-state index contributed by atoms with van der Waals surface area (Å²) < 4.78 is 0. The molecule has 2 amide bonds. The van der Waals surface area contributed by atoms with E-state index in [2.05, 4.69) is 13.8 Å². The molecule has 6 atom stereocenters. The van der Waals surface area contributed by atoms with Crippen molar-refractivity contribution in [3.8, 4) is 0 Å². The van der Waals surface area contributed by atoms with Crippen molar-refractivity contribution in [3.63, 3.8) is 0 Å². The van der Waals surface area contributed by atoms with Crippen LogP contribution in [0.15, 0.2) is 0 Å². The van der Waals surface area contributed by atoms with E-state index in [1.165, 1.54) is 0 Å². The number of hydrogen-bond acceptors (Lipinski definition) is 5. The van der Waals surface area contributed by atoms with Crippen molar-refractivity contribution >= 4 is 23.4 Å². The van der Waals surface area contributed by atoms with Crippen LogP contribution in [0.5, 0.6) is 0 Å². The average molecular weight is 477 g/mol. The van der Waals surface area contributed by atoms with Crippen LogP contribution in [0.1, 0.15) is 86.5 Å². The molecule has 0 aromatic rings. The molecule has 7 heteroatoms. The van der Waals surface area contributed by atoms with Crippen LogP contribution in [0.3, 0.4) is 0 Å². The van der Waals surface area contributed by atoms with Gasteiger partial charge in [0.2, 0.25) is 11.8 Å². The number of primary amides is 1. The fraction of sp³-hybridized carbons (Fsp3) is 0.852. The zero-order chi connectivity index (χ0) is 25.6. The number of piperidine rings is 1. The molecule has 0 aromatic carbocycles. The fourth-order valence-corrected chi connectivity index (χ4v) is 6.31. The van der Waals surface area contributed by atoms with Crippen molar-refractivity contribution in [3.05, 3.63) is 0 Å². The Bertz CT molecular complexity index is 825. The highest BCUT2D eigenvalue weighted by molar-refractivity contribution is 5.94. The van der Waals surface area contributed by atoms with Gasteiger partial charge < -0.3 is 15.7 Å². The Labute approximate surface area is 204 Å². The Morgan fingerprint density at radius 1 is 1.12 bits per heavy atom. The van der Waals surface area contributed by atoms with Crippen LogP contribution in [-0.2, 0) is 19.2 Å². The van der Waals surface area contributed by atoms with Crippen LogP contribution in [0.2, 0.25) is 0 Å². The Hall–Kier alpha value is -1.76. The van der Waals surface area contributed by atoms with Crippen LogP contribution >= 0.6 is 0 Å². The second kappa shape index (κ2) is 9.71. The Morgan fingerprint density at radius 2 is 1.74 bits per heavy atom. The van der Waals surface area contributed by atoms with Gasteiger partial charge in [-0.2, -0.15) is 0 Å². The number of carbonyl (C=O) groups excluding carboxylic acids is 4. The first-order valence-corrected chi connectivity index (χ1v) is 13.0. The number of aliphatic hydroxyl groups is 1. The molecule has 7 nitrogen and oxygen atoms in total. The van der Waals surface area contributed by atoms with Crippen molar-refractivity contribution in [1.82, 2.24) is 4.90 Å². The molecule has 3 fully saturated rings. The quantitative estimate of drug-likeness (QED) is 0.475. The lowest BCUT2D eigenvalue weighted by molar-refractivity contribution is -0.148. The SMILES string of the molecule is CCC(=O)C[C@H](C(=O)N1C[C@H]2[C@@H]([C@H]1C(=O)CC(CC1CCC1)C(O)C(N)=O)C2(C)C)C(C)(C)C. The highest BCUT2D eigenvalue weighted by Crippen LogP contribution is 2.65. The van der Waals surface area contributed by atoms with Crippen LogP contribution in [0.4, 0.5) is 0 Å². The number of hydrogen-bond donors (Lipinski definition) is 2. The zero-order valence-corrected chi connectivity index (χ0v) is 21.8. The largest absolute Gasteiger partial charge is 0.383 e. The summed E-state index contributed by atoms with van der Waals surface area (Å²) in [5, 5.41) is 10.5. The topological polar surface area (TPSA) is 118 Å². The predicted molar refractivity (Wildman–Crippen MR) is 129 cm³/mol. The zero-order valence-electron chi connectivity index (χ0n) is 21.8. The van der Waals surface area contributed by atoms with Crippen LogP contribution in [0.25, 0.3) is 0 Å². The van der Waals surface area contributed by atoms with E-state index in [4.69, 9.17) is 5.73 Å². The molecule has 2 unspecified atom stereocenters. The van der Waals surface area contributed by atoms with Crippen molar-refractivity contribution in [1.29, 1.82) is 0 Å². The molecular formula is C27H44N2O5. The van der Waals surface area contributed by atoms with Gasteiger partial charge in [-0.3, -0.25) is 19.2 Å². The maximum Gasteiger partial charge on any atom is 0.246 e. The number of likely N-dealkylation sites (tertiary alicyclic amines) is 1. The lowest BCUT2D eigenvalue weighted by atomic mass is 9.75. The summed E-state index contributed by atoms with van der Waals surface area (Å²) in [5.41, 5.74) is 4.97. The molecule has 192 valence electrons. The molecule has 1 heterocycles. The fourth-order valence-electron chi connectivity index (χ4n) is 6.31. The maximum absolute atomic E-state index is 13.8. The number of ketones is 2. The van der Waals surface area contributed by atoms with E-state index >= 15 is 0 Å². The minimum Gasteiger partial charge on any atom is -0.383 e. The number of rotatable bonds is 11. The Kier molecular flexibility index (Phi) is 7.66. The van der Waals surface area contributed by atoms with Gasteiger partial charge in [-0.1, -0.05) is 60.8 Å². The maximum atomic E-state index is 13.8. The minimum atomic E-state index is -1.36. The van der Waals surface area contributed by atoms with Crippen LogP contribution in [0, 0.1) is 40.4 Å². The molecule has 0 aromatic heterocycles. The van der Waals surface area contributed by atoms with E-state index in [9.17, 15) is 24.3 Å². The van der Waals surface area contributed by atoms with Crippen LogP contribution < -0.4 is 5.73 Å². The summed E-state index contributed by atoms with van der Waals surface area (Å²) in [6.07, 6.45) is 3.06. The summed E-state index contributed by atoms with van der Waals surface area (Å²) in [7, 11) is 0. The van der Waals surface area contributed by atoms with Gasteiger partial charge in [0.15, 0.2) is 5.78 Å². The second-order valence-corrected chi connectivity index (χ2v) is 12.7. The molecule has 2 aliphatic carbocycles. The van der Waals surface area contributed by atoms with E-state index in [1.807, 2.05) is 20.8 Å². The molecule has 2 saturated carbocycles. The van der Waals surface area contributed by atoms with Gasteiger partial charge in [0.05, 0.1) is 6.04 Å². The third-order valence-corrected chi connectivity index (χ3v) is 9.05. The number of amides is 2. The molecule has 0 bridgehead atoms. The first-order chi connectivity index (χ1) is 15.7. The molecule has 1 aliphatic heterocycles. The number of nitrogens with zero attached hydrogens (tertiary/aromatic N) is 1. The Morgan fingerprint density at radius 3 is 2.21 bits per heavy atom. The average Bonchev–Trinajstić information content (AvgIpc) is 3.06.